The van der Waals surface area contributed by atoms with E-state index in [4.69, 9.17) is 5.84 Å². The minimum Gasteiger partial charge on any atom is -0.315 e. The molecule has 0 saturated heterocycles. The molecule has 0 amide bonds. The van der Waals surface area contributed by atoms with Gasteiger partial charge < -0.3 is 4.90 Å². The van der Waals surface area contributed by atoms with Gasteiger partial charge in [0.2, 0.25) is 5.96 Å². The van der Waals surface area contributed by atoms with Gasteiger partial charge >= 0.3 is 0 Å². The van der Waals surface area contributed by atoms with Crippen molar-refractivity contribution in [1.29, 1.82) is 0 Å². The van der Waals surface area contributed by atoms with Crippen LogP contribution >= 0.6 is 0 Å². The number of halogens is 1. The van der Waals surface area contributed by atoms with Gasteiger partial charge in [0.1, 0.15) is 5.82 Å². The number of hydrogen-bond acceptors (Lipinski definition) is 2. The van der Waals surface area contributed by atoms with Gasteiger partial charge in [-0.1, -0.05) is 19.9 Å². The number of nitrogens with zero attached hydrogens (tertiary/aromatic N) is 2. The number of benzene rings is 1. The van der Waals surface area contributed by atoms with Crippen molar-refractivity contribution in [3.8, 4) is 0 Å². The van der Waals surface area contributed by atoms with E-state index >= 15 is 0 Å². The summed E-state index contributed by atoms with van der Waals surface area (Å²) in [6.07, 6.45) is 0. The van der Waals surface area contributed by atoms with E-state index < -0.39 is 0 Å². The van der Waals surface area contributed by atoms with E-state index in [-0.39, 0.29) is 5.82 Å². The van der Waals surface area contributed by atoms with E-state index in [1.807, 2.05) is 0 Å². The highest BCUT2D eigenvalue weighted by Crippen LogP contribution is 2.13. The van der Waals surface area contributed by atoms with E-state index in [2.05, 4.69) is 24.3 Å². The van der Waals surface area contributed by atoms with Crippen LogP contribution in [-0.4, -0.2) is 19.6 Å². The molecule has 1 rings (SSSR count). The SMILES string of the molecule is CC(C)CN=C(NN)N(C)c1cccc(F)c1. The topological polar surface area (TPSA) is 53.6 Å². The van der Waals surface area contributed by atoms with Crippen LogP contribution in [0, 0.1) is 11.7 Å². The molecule has 4 nitrogen and oxygen atoms in total. The molecular formula is C12H19FN4. The molecule has 0 bridgehead atoms. The van der Waals surface area contributed by atoms with E-state index in [1.54, 1.807) is 24.1 Å². The molecule has 0 spiro atoms. The second-order valence-electron chi connectivity index (χ2n) is 4.24. The van der Waals surface area contributed by atoms with Crippen LogP contribution < -0.4 is 16.2 Å². The quantitative estimate of drug-likeness (QED) is 0.365. The number of rotatable bonds is 3. The van der Waals surface area contributed by atoms with Gasteiger partial charge in [-0.15, -0.1) is 0 Å². The summed E-state index contributed by atoms with van der Waals surface area (Å²) in [7, 11) is 1.79. The monoisotopic (exact) mass is 238 g/mol. The third kappa shape index (κ3) is 4.03. The summed E-state index contributed by atoms with van der Waals surface area (Å²) >= 11 is 0. The average Bonchev–Trinajstić information content (AvgIpc) is 2.29. The fourth-order valence-electron chi connectivity index (χ4n) is 1.32. The summed E-state index contributed by atoms with van der Waals surface area (Å²) in [6.45, 7) is 4.80. The Kier molecular flexibility index (Phi) is 4.90. The second kappa shape index (κ2) is 6.20. The number of guanidine groups is 1. The highest BCUT2D eigenvalue weighted by atomic mass is 19.1. The van der Waals surface area contributed by atoms with Crippen molar-refractivity contribution >= 4 is 11.6 Å². The average molecular weight is 238 g/mol. The zero-order chi connectivity index (χ0) is 12.8. The van der Waals surface area contributed by atoms with Gasteiger partial charge in [-0.3, -0.25) is 10.4 Å². The van der Waals surface area contributed by atoms with Crippen LogP contribution in [0.4, 0.5) is 10.1 Å². The first-order valence-electron chi connectivity index (χ1n) is 5.55. The van der Waals surface area contributed by atoms with Crippen molar-refractivity contribution in [3.63, 3.8) is 0 Å². The third-order valence-electron chi connectivity index (χ3n) is 2.25. The molecular weight excluding hydrogens is 219 g/mol. The molecule has 1 aromatic carbocycles. The Hall–Kier alpha value is -1.62. The lowest BCUT2D eigenvalue weighted by molar-refractivity contribution is 0.628. The zero-order valence-electron chi connectivity index (χ0n) is 10.4. The lowest BCUT2D eigenvalue weighted by Gasteiger charge is -2.21. The summed E-state index contributed by atoms with van der Waals surface area (Å²) in [6, 6.07) is 6.28. The molecule has 0 fully saturated rings. The molecule has 0 heterocycles. The van der Waals surface area contributed by atoms with Crippen molar-refractivity contribution in [3.05, 3.63) is 30.1 Å². The predicted octanol–water partition coefficient (Wildman–Crippen LogP) is 1.74. The van der Waals surface area contributed by atoms with Crippen LogP contribution in [0.15, 0.2) is 29.3 Å². The van der Waals surface area contributed by atoms with Gasteiger partial charge in [-0.25, -0.2) is 10.2 Å². The van der Waals surface area contributed by atoms with Gasteiger partial charge in [0.15, 0.2) is 0 Å². The molecule has 17 heavy (non-hydrogen) atoms. The van der Waals surface area contributed by atoms with Crippen molar-refractivity contribution in [2.75, 3.05) is 18.5 Å². The molecule has 0 aliphatic heterocycles. The lowest BCUT2D eigenvalue weighted by Crippen LogP contribution is -2.43. The molecule has 0 aliphatic carbocycles. The Morgan fingerprint density at radius 3 is 2.76 bits per heavy atom. The first-order valence-corrected chi connectivity index (χ1v) is 5.55. The summed E-state index contributed by atoms with van der Waals surface area (Å²) in [4.78, 5) is 6.05. The van der Waals surface area contributed by atoms with Gasteiger partial charge in [-0.2, -0.15) is 0 Å². The molecule has 0 aromatic heterocycles. The van der Waals surface area contributed by atoms with Crippen LogP contribution in [0.3, 0.4) is 0 Å². The van der Waals surface area contributed by atoms with Crippen LogP contribution in [0.5, 0.6) is 0 Å². The normalized spacial score (nSPS) is 11.8. The van der Waals surface area contributed by atoms with E-state index in [1.165, 1.54) is 12.1 Å². The molecule has 3 N–H and O–H groups in total. The Morgan fingerprint density at radius 1 is 1.53 bits per heavy atom. The van der Waals surface area contributed by atoms with E-state index in [0.29, 0.717) is 24.1 Å². The summed E-state index contributed by atoms with van der Waals surface area (Å²) in [5, 5.41) is 0. The van der Waals surface area contributed by atoms with Gasteiger partial charge in [-0.05, 0) is 24.1 Å². The maximum Gasteiger partial charge on any atom is 0.212 e. The van der Waals surface area contributed by atoms with E-state index in [9.17, 15) is 4.39 Å². The molecule has 5 heteroatoms. The van der Waals surface area contributed by atoms with Crippen LogP contribution in [0.1, 0.15) is 13.8 Å². The Bertz CT molecular complexity index is 390. The van der Waals surface area contributed by atoms with Crippen LogP contribution in [0.2, 0.25) is 0 Å². The Balaban J connectivity index is 2.85. The minimum atomic E-state index is -0.283. The highest BCUT2D eigenvalue weighted by Gasteiger charge is 2.08. The number of hydrazine groups is 1. The molecule has 0 unspecified atom stereocenters. The predicted molar refractivity (Wildman–Crippen MR) is 69.3 cm³/mol. The molecule has 94 valence electrons. The van der Waals surface area contributed by atoms with Crippen LogP contribution in [0.25, 0.3) is 0 Å². The summed E-state index contributed by atoms with van der Waals surface area (Å²) in [5.41, 5.74) is 3.23. The Labute approximate surface area is 101 Å². The van der Waals surface area contributed by atoms with Crippen molar-refractivity contribution in [1.82, 2.24) is 5.43 Å². The number of nitrogens with one attached hydrogen (secondary N) is 1. The molecule has 0 radical (unpaired) electrons. The maximum absolute atomic E-state index is 13.1. The van der Waals surface area contributed by atoms with Crippen LogP contribution in [-0.2, 0) is 0 Å². The fourth-order valence-corrected chi connectivity index (χ4v) is 1.32. The van der Waals surface area contributed by atoms with Crippen molar-refractivity contribution < 1.29 is 4.39 Å². The maximum atomic E-state index is 13.1. The van der Waals surface area contributed by atoms with Gasteiger partial charge in [0.25, 0.3) is 0 Å². The highest BCUT2D eigenvalue weighted by molar-refractivity contribution is 5.95. The van der Waals surface area contributed by atoms with Crippen molar-refractivity contribution in [2.45, 2.75) is 13.8 Å². The number of hydrogen-bond donors (Lipinski definition) is 2. The second-order valence-corrected chi connectivity index (χ2v) is 4.24. The molecule has 0 aliphatic rings. The van der Waals surface area contributed by atoms with E-state index in [0.717, 1.165) is 0 Å². The fraction of sp³-hybridized carbons (Fsp3) is 0.417. The summed E-state index contributed by atoms with van der Waals surface area (Å²) in [5.74, 6) is 6.10. The number of nitrogens with two attached hydrogens (primary N) is 1. The number of anilines is 1. The van der Waals surface area contributed by atoms with Gasteiger partial charge in [0, 0.05) is 19.3 Å². The zero-order valence-corrected chi connectivity index (χ0v) is 10.4. The first-order chi connectivity index (χ1) is 8.04. The lowest BCUT2D eigenvalue weighted by atomic mass is 10.2. The Morgan fingerprint density at radius 2 is 2.24 bits per heavy atom. The van der Waals surface area contributed by atoms with Gasteiger partial charge in [0.05, 0.1) is 0 Å². The molecule has 0 saturated carbocycles. The van der Waals surface area contributed by atoms with Crippen molar-refractivity contribution in [2.24, 2.45) is 16.8 Å². The number of aliphatic imine (C=N–C) groups is 1. The smallest absolute Gasteiger partial charge is 0.212 e. The molecule has 1 aromatic rings. The third-order valence-corrected chi connectivity index (χ3v) is 2.25. The standard InChI is InChI=1S/C12H19FN4/c1-9(2)8-15-12(16-14)17(3)11-6-4-5-10(13)7-11/h4-7,9H,8,14H2,1-3H3,(H,15,16). The first kappa shape index (κ1) is 13.4. The largest absolute Gasteiger partial charge is 0.315 e. The molecule has 0 atom stereocenters. The minimum absolute atomic E-state index is 0.283. The summed E-state index contributed by atoms with van der Waals surface area (Å²) < 4.78 is 13.1.